The van der Waals surface area contributed by atoms with Crippen LogP contribution in [-0.2, 0) is 22.2 Å². The third kappa shape index (κ3) is 7.68. The Hall–Kier alpha value is -2.58. The van der Waals surface area contributed by atoms with Gasteiger partial charge >= 0.3 is 6.18 Å². The minimum atomic E-state index is -4.57. The summed E-state index contributed by atoms with van der Waals surface area (Å²) in [5.41, 5.74) is -0.199. The average molecular weight is 442 g/mol. The molecule has 0 aliphatic carbocycles. The minimum absolute atomic E-state index is 0.0363. The van der Waals surface area contributed by atoms with E-state index in [-0.39, 0.29) is 24.7 Å². The van der Waals surface area contributed by atoms with Gasteiger partial charge < -0.3 is 10.6 Å². The van der Waals surface area contributed by atoms with E-state index in [1.165, 1.54) is 18.2 Å². The van der Waals surface area contributed by atoms with Crippen molar-refractivity contribution in [1.29, 1.82) is 0 Å². The summed E-state index contributed by atoms with van der Waals surface area (Å²) in [4.78, 5) is 25.9. The lowest BCUT2D eigenvalue weighted by atomic mass is 10.1. The molecule has 5 nitrogen and oxygen atoms in total. The highest BCUT2D eigenvalue weighted by Gasteiger charge is 2.33. The van der Waals surface area contributed by atoms with Crippen molar-refractivity contribution in [2.45, 2.75) is 19.5 Å². The molecule has 2 aromatic rings. The molecule has 0 aliphatic heterocycles. The second kappa shape index (κ2) is 11.0. The maximum atomic E-state index is 13.0. The molecule has 0 unspecified atom stereocenters. The summed E-state index contributed by atoms with van der Waals surface area (Å²) in [5.74, 6) is -0.892. The monoisotopic (exact) mass is 441 g/mol. The van der Waals surface area contributed by atoms with E-state index in [1.54, 1.807) is 24.0 Å². The van der Waals surface area contributed by atoms with Crippen LogP contribution >= 0.6 is 11.6 Å². The zero-order valence-corrected chi connectivity index (χ0v) is 17.2. The summed E-state index contributed by atoms with van der Waals surface area (Å²) < 4.78 is 39.1. The highest BCUT2D eigenvalue weighted by Crippen LogP contribution is 2.34. The van der Waals surface area contributed by atoms with E-state index in [1.807, 2.05) is 12.1 Å². The highest BCUT2D eigenvalue weighted by molar-refractivity contribution is 6.30. The van der Waals surface area contributed by atoms with E-state index in [4.69, 9.17) is 11.6 Å². The highest BCUT2D eigenvalue weighted by atomic mass is 35.5. The Balaban J connectivity index is 1.82. The number of anilines is 1. The van der Waals surface area contributed by atoms with Crippen molar-refractivity contribution in [3.63, 3.8) is 0 Å². The zero-order chi connectivity index (χ0) is 22.1. The molecule has 162 valence electrons. The fraction of sp³-hybridized carbons (Fsp3) is 0.333. The number of halogens is 4. The van der Waals surface area contributed by atoms with Crippen LogP contribution in [0.3, 0.4) is 0 Å². The molecule has 2 rings (SSSR count). The molecule has 9 heteroatoms. The van der Waals surface area contributed by atoms with Crippen LogP contribution in [0.4, 0.5) is 18.9 Å². The Labute approximate surface area is 178 Å². The predicted molar refractivity (Wildman–Crippen MR) is 110 cm³/mol. The fourth-order valence-electron chi connectivity index (χ4n) is 2.77. The normalized spacial score (nSPS) is 11.4. The molecule has 0 heterocycles. The molecule has 0 radical (unpaired) electrons. The number of carbonyl (C=O) groups excluding carboxylic acids is 2. The van der Waals surface area contributed by atoms with Gasteiger partial charge in [0.15, 0.2) is 0 Å². The molecule has 0 saturated heterocycles. The van der Waals surface area contributed by atoms with Gasteiger partial charge in [0.25, 0.3) is 0 Å². The maximum Gasteiger partial charge on any atom is 0.418 e. The van der Waals surface area contributed by atoms with Crippen molar-refractivity contribution in [3.05, 3.63) is 64.7 Å². The Bertz CT molecular complexity index is 857. The van der Waals surface area contributed by atoms with Gasteiger partial charge in [0, 0.05) is 11.6 Å². The van der Waals surface area contributed by atoms with Gasteiger partial charge in [-0.15, -0.1) is 0 Å². The van der Waals surface area contributed by atoms with E-state index in [2.05, 4.69) is 10.6 Å². The third-order valence-electron chi connectivity index (χ3n) is 4.34. The summed E-state index contributed by atoms with van der Waals surface area (Å²) >= 11 is 5.83. The number of benzene rings is 2. The van der Waals surface area contributed by atoms with E-state index in [0.29, 0.717) is 24.5 Å². The smallest absolute Gasteiger partial charge is 0.355 e. The van der Waals surface area contributed by atoms with E-state index in [9.17, 15) is 22.8 Å². The number of nitrogens with zero attached hydrogens (tertiary/aromatic N) is 1. The first kappa shape index (κ1) is 23.7. The van der Waals surface area contributed by atoms with E-state index >= 15 is 0 Å². The standard InChI is InChI=1S/C21H23ClF3N3O2/c1-2-28(13-19(29)26-12-11-15-7-9-16(22)10-8-15)14-20(30)27-18-6-4-3-5-17(18)21(23,24)25/h3-10H,2,11-14H2,1H3,(H,26,29)(H,27,30). The Morgan fingerprint density at radius 3 is 2.27 bits per heavy atom. The molecular formula is C21H23ClF3N3O2. The van der Waals surface area contributed by atoms with Gasteiger partial charge in [0.2, 0.25) is 11.8 Å². The second-order valence-electron chi connectivity index (χ2n) is 6.62. The molecule has 0 fully saturated rings. The number of likely N-dealkylation sites (N-methyl/N-ethyl adjacent to an activating group) is 1. The zero-order valence-electron chi connectivity index (χ0n) is 16.4. The van der Waals surface area contributed by atoms with Crippen LogP contribution in [0.25, 0.3) is 0 Å². The molecule has 0 atom stereocenters. The summed E-state index contributed by atoms with van der Waals surface area (Å²) in [6.45, 7) is 2.33. The van der Waals surface area contributed by atoms with Crippen molar-refractivity contribution in [2.75, 3.05) is 31.5 Å². The van der Waals surface area contributed by atoms with Gasteiger partial charge in [-0.3, -0.25) is 14.5 Å². The number of hydrogen-bond donors (Lipinski definition) is 2. The molecule has 2 N–H and O–H groups in total. The number of para-hydroxylation sites is 1. The summed E-state index contributed by atoms with van der Waals surface area (Å²) in [6, 6.07) is 12.1. The minimum Gasteiger partial charge on any atom is -0.355 e. The molecule has 0 spiro atoms. The number of alkyl halides is 3. The van der Waals surface area contributed by atoms with Gasteiger partial charge in [0.1, 0.15) is 0 Å². The maximum absolute atomic E-state index is 13.0. The largest absolute Gasteiger partial charge is 0.418 e. The fourth-order valence-corrected chi connectivity index (χ4v) is 2.89. The first-order valence-electron chi connectivity index (χ1n) is 9.38. The SMILES string of the molecule is CCN(CC(=O)NCCc1ccc(Cl)cc1)CC(=O)Nc1ccccc1C(F)(F)F. The molecular weight excluding hydrogens is 419 g/mol. The predicted octanol–water partition coefficient (Wildman–Crippen LogP) is 3.98. The van der Waals surface area contributed by atoms with Gasteiger partial charge in [-0.25, -0.2) is 0 Å². The molecule has 2 aromatic carbocycles. The van der Waals surface area contributed by atoms with Crippen LogP contribution < -0.4 is 10.6 Å². The number of amides is 2. The lowest BCUT2D eigenvalue weighted by Gasteiger charge is -2.20. The van der Waals surface area contributed by atoms with Crippen molar-refractivity contribution >= 4 is 29.1 Å². The third-order valence-corrected chi connectivity index (χ3v) is 4.59. The topological polar surface area (TPSA) is 61.4 Å². The van der Waals surface area contributed by atoms with Crippen LogP contribution in [0.1, 0.15) is 18.1 Å². The van der Waals surface area contributed by atoms with Crippen molar-refractivity contribution < 1.29 is 22.8 Å². The van der Waals surface area contributed by atoms with Gasteiger partial charge in [-0.1, -0.05) is 42.8 Å². The van der Waals surface area contributed by atoms with E-state index in [0.717, 1.165) is 11.6 Å². The molecule has 30 heavy (non-hydrogen) atoms. The number of carbonyl (C=O) groups is 2. The summed E-state index contributed by atoms with van der Waals surface area (Å²) in [7, 11) is 0. The Kier molecular flexibility index (Phi) is 8.68. The van der Waals surface area contributed by atoms with Crippen LogP contribution in [0.15, 0.2) is 48.5 Å². The first-order valence-corrected chi connectivity index (χ1v) is 9.76. The van der Waals surface area contributed by atoms with Crippen molar-refractivity contribution in [1.82, 2.24) is 10.2 Å². The quantitative estimate of drug-likeness (QED) is 0.619. The van der Waals surface area contributed by atoms with Crippen LogP contribution in [-0.4, -0.2) is 42.9 Å². The summed E-state index contributed by atoms with van der Waals surface area (Å²) in [6.07, 6.45) is -3.94. The van der Waals surface area contributed by atoms with Gasteiger partial charge in [-0.05, 0) is 42.8 Å². The number of rotatable bonds is 9. The number of nitrogens with one attached hydrogen (secondary N) is 2. The lowest BCUT2D eigenvalue weighted by Crippen LogP contribution is -2.41. The first-order chi connectivity index (χ1) is 14.2. The molecule has 0 aliphatic rings. The Morgan fingerprint density at radius 1 is 1.00 bits per heavy atom. The van der Waals surface area contributed by atoms with Crippen LogP contribution in [0.5, 0.6) is 0 Å². The van der Waals surface area contributed by atoms with Crippen molar-refractivity contribution in [3.8, 4) is 0 Å². The Morgan fingerprint density at radius 2 is 1.63 bits per heavy atom. The van der Waals surface area contributed by atoms with Crippen LogP contribution in [0, 0.1) is 0 Å². The molecule has 2 amide bonds. The van der Waals surface area contributed by atoms with Crippen LogP contribution in [0.2, 0.25) is 5.02 Å². The van der Waals surface area contributed by atoms with Gasteiger partial charge in [0.05, 0.1) is 24.3 Å². The number of hydrogen-bond acceptors (Lipinski definition) is 3. The van der Waals surface area contributed by atoms with E-state index < -0.39 is 17.6 Å². The molecule has 0 bridgehead atoms. The average Bonchev–Trinajstić information content (AvgIpc) is 2.68. The van der Waals surface area contributed by atoms with Crippen molar-refractivity contribution in [2.24, 2.45) is 0 Å². The molecule has 0 aromatic heterocycles. The van der Waals surface area contributed by atoms with Gasteiger partial charge in [-0.2, -0.15) is 13.2 Å². The second-order valence-corrected chi connectivity index (χ2v) is 7.06. The summed E-state index contributed by atoms with van der Waals surface area (Å²) in [5, 5.41) is 5.69. The lowest BCUT2D eigenvalue weighted by molar-refractivity contribution is -0.137. The molecule has 0 saturated carbocycles.